The number of hydrogen-bond acceptors (Lipinski definition) is 6. The molecule has 0 bridgehead atoms. The zero-order valence-corrected chi connectivity index (χ0v) is 22.8. The third-order valence-corrected chi connectivity index (χ3v) is 7.14. The number of aromatic hydroxyl groups is 1. The normalized spacial score (nSPS) is 16.8. The van der Waals surface area contributed by atoms with Gasteiger partial charge in [-0.1, -0.05) is 72.9 Å². The molecule has 0 spiro atoms. The summed E-state index contributed by atoms with van der Waals surface area (Å²) < 4.78 is 0. The van der Waals surface area contributed by atoms with E-state index in [1.54, 1.807) is 26.0 Å². The minimum atomic E-state index is -1.14. The highest BCUT2D eigenvalue weighted by Crippen LogP contribution is 2.15. The molecular formula is C27H44N4O6. The van der Waals surface area contributed by atoms with Gasteiger partial charge in [-0.3, -0.25) is 14.4 Å². The highest BCUT2D eigenvalue weighted by molar-refractivity contribution is 5.94. The first-order chi connectivity index (χ1) is 17.4. The van der Waals surface area contributed by atoms with Gasteiger partial charge in [-0.05, 0) is 35.4 Å². The Morgan fingerprint density at radius 2 is 1.24 bits per heavy atom. The van der Waals surface area contributed by atoms with E-state index in [2.05, 4.69) is 16.0 Å². The quantitative estimate of drug-likeness (QED) is 0.205. The lowest BCUT2D eigenvalue weighted by molar-refractivity contribution is -0.144. The van der Waals surface area contributed by atoms with Crippen LogP contribution in [0.1, 0.15) is 66.4 Å². The van der Waals surface area contributed by atoms with Crippen LogP contribution in [-0.4, -0.2) is 58.1 Å². The number of carboxylic acid groups (broad SMARTS) is 1. The summed E-state index contributed by atoms with van der Waals surface area (Å²) in [6.07, 6.45) is 1.88. The number of amides is 3. The smallest absolute Gasteiger partial charge is 0.326 e. The van der Waals surface area contributed by atoms with Gasteiger partial charge < -0.3 is 31.9 Å². The molecule has 1 rings (SSSR count). The van der Waals surface area contributed by atoms with Gasteiger partial charge in [0, 0.05) is 6.42 Å². The SMILES string of the molecule is CCC(C)C(N)C(=O)NC(Cc1ccc(O)cc1)C(=O)NC(C(=O)NC(C(=O)O)C(C)CC)C(C)CC. The maximum absolute atomic E-state index is 13.4. The lowest BCUT2D eigenvalue weighted by atomic mass is 9.94. The summed E-state index contributed by atoms with van der Waals surface area (Å²) in [6, 6.07) is 2.27. The average molecular weight is 521 g/mol. The van der Waals surface area contributed by atoms with E-state index in [1.807, 2.05) is 27.7 Å². The summed E-state index contributed by atoms with van der Waals surface area (Å²) in [4.78, 5) is 51.2. The topological polar surface area (TPSA) is 171 Å². The fraction of sp³-hybridized carbons (Fsp3) is 0.630. The Morgan fingerprint density at radius 3 is 1.73 bits per heavy atom. The first kappa shape index (κ1) is 31.9. The number of nitrogens with two attached hydrogens (primary N) is 1. The van der Waals surface area contributed by atoms with Gasteiger partial charge in [0.2, 0.25) is 17.7 Å². The Morgan fingerprint density at radius 1 is 0.757 bits per heavy atom. The number of carboxylic acids is 1. The van der Waals surface area contributed by atoms with E-state index in [4.69, 9.17) is 5.73 Å². The van der Waals surface area contributed by atoms with Gasteiger partial charge in [0.25, 0.3) is 0 Å². The largest absolute Gasteiger partial charge is 0.508 e. The summed E-state index contributed by atoms with van der Waals surface area (Å²) >= 11 is 0. The van der Waals surface area contributed by atoms with Crippen LogP contribution in [0.25, 0.3) is 0 Å². The van der Waals surface area contributed by atoms with Gasteiger partial charge in [-0.15, -0.1) is 0 Å². The van der Waals surface area contributed by atoms with Crippen molar-refractivity contribution in [2.45, 2.75) is 91.4 Å². The molecule has 37 heavy (non-hydrogen) atoms. The highest BCUT2D eigenvalue weighted by atomic mass is 16.4. The van der Waals surface area contributed by atoms with Crippen molar-refractivity contribution in [1.82, 2.24) is 16.0 Å². The highest BCUT2D eigenvalue weighted by Gasteiger charge is 2.34. The van der Waals surface area contributed by atoms with E-state index in [9.17, 15) is 29.4 Å². The predicted molar refractivity (Wildman–Crippen MR) is 142 cm³/mol. The molecule has 7 N–H and O–H groups in total. The molecule has 208 valence electrons. The zero-order chi connectivity index (χ0) is 28.3. The second-order valence-electron chi connectivity index (χ2n) is 9.92. The third kappa shape index (κ3) is 9.68. The number of phenolic OH excluding ortho intramolecular Hbond substituents is 1. The lowest BCUT2D eigenvalue weighted by Gasteiger charge is -2.29. The maximum Gasteiger partial charge on any atom is 0.326 e. The molecule has 0 aliphatic carbocycles. The van der Waals surface area contributed by atoms with E-state index in [0.717, 1.165) is 0 Å². The molecule has 0 aromatic heterocycles. The predicted octanol–water partition coefficient (Wildman–Crippen LogP) is 1.94. The molecule has 0 saturated heterocycles. The van der Waals surface area contributed by atoms with Crippen molar-refractivity contribution in [1.29, 1.82) is 0 Å². The Kier molecular flexibility index (Phi) is 13.1. The molecule has 0 fully saturated rings. The second kappa shape index (κ2) is 15.2. The van der Waals surface area contributed by atoms with Crippen LogP contribution in [0.4, 0.5) is 0 Å². The van der Waals surface area contributed by atoms with E-state index < -0.39 is 47.9 Å². The Labute approximate surface area is 219 Å². The van der Waals surface area contributed by atoms with Crippen molar-refractivity contribution >= 4 is 23.7 Å². The Balaban J connectivity index is 3.20. The lowest BCUT2D eigenvalue weighted by Crippen LogP contribution is -2.60. The summed E-state index contributed by atoms with van der Waals surface area (Å²) in [5, 5.41) is 27.2. The van der Waals surface area contributed by atoms with E-state index in [0.29, 0.717) is 24.8 Å². The van der Waals surface area contributed by atoms with Crippen LogP contribution in [0, 0.1) is 17.8 Å². The van der Waals surface area contributed by atoms with Crippen LogP contribution in [0.5, 0.6) is 5.75 Å². The molecule has 0 saturated carbocycles. The number of benzene rings is 1. The maximum atomic E-state index is 13.4. The minimum Gasteiger partial charge on any atom is -0.508 e. The molecule has 10 heteroatoms. The van der Waals surface area contributed by atoms with Gasteiger partial charge in [-0.2, -0.15) is 0 Å². The van der Waals surface area contributed by atoms with E-state index >= 15 is 0 Å². The number of hydrogen-bond donors (Lipinski definition) is 6. The van der Waals surface area contributed by atoms with E-state index in [1.165, 1.54) is 12.1 Å². The minimum absolute atomic E-state index is 0.0652. The fourth-order valence-electron chi connectivity index (χ4n) is 3.74. The number of rotatable bonds is 15. The molecule has 0 aliphatic heterocycles. The van der Waals surface area contributed by atoms with Crippen LogP contribution in [-0.2, 0) is 25.6 Å². The molecule has 3 amide bonds. The molecule has 7 unspecified atom stereocenters. The van der Waals surface area contributed by atoms with Crippen LogP contribution in [0.3, 0.4) is 0 Å². The number of aliphatic carboxylic acids is 1. The summed E-state index contributed by atoms with van der Waals surface area (Å²) in [5.41, 5.74) is 6.76. The monoisotopic (exact) mass is 520 g/mol. The zero-order valence-electron chi connectivity index (χ0n) is 22.8. The summed E-state index contributed by atoms with van der Waals surface area (Å²) in [5.74, 6) is -3.47. The molecular weight excluding hydrogens is 476 g/mol. The Bertz CT molecular complexity index is 907. The van der Waals surface area contributed by atoms with Crippen molar-refractivity contribution in [2.24, 2.45) is 23.5 Å². The average Bonchev–Trinajstić information content (AvgIpc) is 2.88. The summed E-state index contributed by atoms with van der Waals surface area (Å²) in [6.45, 7) is 11.0. The molecule has 7 atom stereocenters. The van der Waals surface area contributed by atoms with Crippen LogP contribution in [0.15, 0.2) is 24.3 Å². The van der Waals surface area contributed by atoms with Gasteiger partial charge in [0.05, 0.1) is 6.04 Å². The van der Waals surface area contributed by atoms with Gasteiger partial charge >= 0.3 is 5.97 Å². The first-order valence-corrected chi connectivity index (χ1v) is 13.0. The van der Waals surface area contributed by atoms with Crippen molar-refractivity contribution in [3.8, 4) is 5.75 Å². The van der Waals surface area contributed by atoms with Crippen molar-refractivity contribution in [3.63, 3.8) is 0 Å². The van der Waals surface area contributed by atoms with Gasteiger partial charge in [0.15, 0.2) is 0 Å². The number of nitrogens with one attached hydrogen (secondary N) is 3. The van der Waals surface area contributed by atoms with Gasteiger partial charge in [-0.25, -0.2) is 4.79 Å². The van der Waals surface area contributed by atoms with Crippen LogP contribution in [0.2, 0.25) is 0 Å². The number of carbonyl (C=O) groups excluding carboxylic acids is 3. The first-order valence-electron chi connectivity index (χ1n) is 13.0. The van der Waals surface area contributed by atoms with Crippen molar-refractivity contribution in [3.05, 3.63) is 29.8 Å². The van der Waals surface area contributed by atoms with Crippen LogP contribution >= 0.6 is 0 Å². The standard InChI is InChI=1S/C27H44N4O6/c1-7-15(4)21(28)25(34)29-20(14-18-10-12-19(32)13-11-18)24(33)30-22(16(5)8-2)26(35)31-23(27(36)37)17(6)9-3/h10-13,15-17,20-23,32H,7-9,14,28H2,1-6H3,(H,29,34)(H,30,33)(H,31,35)(H,36,37). The number of carbonyl (C=O) groups is 4. The number of phenols is 1. The van der Waals surface area contributed by atoms with Gasteiger partial charge in [0.1, 0.15) is 23.9 Å². The molecule has 1 aromatic carbocycles. The summed E-state index contributed by atoms with van der Waals surface area (Å²) in [7, 11) is 0. The fourth-order valence-corrected chi connectivity index (χ4v) is 3.74. The second-order valence-corrected chi connectivity index (χ2v) is 9.92. The molecule has 0 aliphatic rings. The van der Waals surface area contributed by atoms with E-state index in [-0.39, 0.29) is 29.9 Å². The molecule has 1 aromatic rings. The molecule has 10 nitrogen and oxygen atoms in total. The molecule has 0 radical (unpaired) electrons. The third-order valence-electron chi connectivity index (χ3n) is 7.14. The molecule has 0 heterocycles. The van der Waals surface area contributed by atoms with Crippen molar-refractivity contribution < 1.29 is 29.4 Å². The Hall–Kier alpha value is -3.14. The van der Waals surface area contributed by atoms with Crippen molar-refractivity contribution in [2.75, 3.05) is 0 Å². The van der Waals surface area contributed by atoms with Crippen LogP contribution < -0.4 is 21.7 Å².